The maximum Gasteiger partial charge on any atom is 0.191 e. The molecule has 6 heteroatoms. The Balaban J connectivity index is 0.00000196. The van der Waals surface area contributed by atoms with Crippen LogP contribution in [0.4, 0.5) is 5.69 Å². The van der Waals surface area contributed by atoms with Crippen LogP contribution in [-0.4, -0.2) is 49.9 Å². The summed E-state index contributed by atoms with van der Waals surface area (Å²) in [5, 5.41) is 7.01. The highest BCUT2D eigenvalue weighted by Gasteiger charge is 2.41. The third-order valence-corrected chi connectivity index (χ3v) is 5.74. The number of hydrogen-bond acceptors (Lipinski definition) is 3. The van der Waals surface area contributed by atoms with Gasteiger partial charge in [-0.05, 0) is 51.2 Å². The van der Waals surface area contributed by atoms with E-state index in [1.807, 2.05) is 0 Å². The predicted molar refractivity (Wildman–Crippen MR) is 118 cm³/mol. The zero-order valence-electron chi connectivity index (χ0n) is 15.8. The third kappa shape index (κ3) is 4.11. The zero-order valence-corrected chi connectivity index (χ0v) is 18.1. The van der Waals surface area contributed by atoms with Crippen LogP contribution in [0.5, 0.6) is 0 Å². The number of ether oxygens (including phenoxy) is 1. The summed E-state index contributed by atoms with van der Waals surface area (Å²) in [4.78, 5) is 7.36. The molecule has 2 saturated heterocycles. The van der Waals surface area contributed by atoms with E-state index >= 15 is 0 Å². The summed E-state index contributed by atoms with van der Waals surface area (Å²) >= 11 is 0. The minimum atomic E-state index is 0. The van der Waals surface area contributed by atoms with Gasteiger partial charge in [-0.3, -0.25) is 4.99 Å². The van der Waals surface area contributed by atoms with Crippen molar-refractivity contribution in [2.24, 2.45) is 4.99 Å². The molecule has 2 fully saturated rings. The molecule has 144 valence electrons. The van der Waals surface area contributed by atoms with Crippen LogP contribution in [0.25, 0.3) is 0 Å². The van der Waals surface area contributed by atoms with Crippen molar-refractivity contribution in [2.75, 3.05) is 24.5 Å². The maximum atomic E-state index is 5.96. The molecule has 5 nitrogen and oxygen atoms in total. The lowest BCUT2D eigenvalue weighted by molar-refractivity contribution is 0.0992. The average Bonchev–Trinajstić information content (AvgIpc) is 3.34. The first-order valence-electron chi connectivity index (χ1n) is 9.79. The lowest BCUT2D eigenvalue weighted by Gasteiger charge is -2.27. The van der Waals surface area contributed by atoms with Gasteiger partial charge in [0.05, 0.1) is 24.8 Å². The Morgan fingerprint density at radius 3 is 2.92 bits per heavy atom. The van der Waals surface area contributed by atoms with E-state index in [1.165, 1.54) is 24.1 Å². The number of anilines is 1. The van der Waals surface area contributed by atoms with Gasteiger partial charge in [0.1, 0.15) is 0 Å². The second-order valence-electron chi connectivity index (χ2n) is 7.50. The number of hydrogen-bond donors (Lipinski definition) is 2. The molecule has 0 amide bonds. The van der Waals surface area contributed by atoms with Crippen LogP contribution in [-0.2, 0) is 11.2 Å². The molecule has 3 aliphatic heterocycles. The Kier molecular flexibility index (Phi) is 6.66. The molecule has 2 N–H and O–H groups in total. The van der Waals surface area contributed by atoms with Gasteiger partial charge in [0.2, 0.25) is 0 Å². The highest BCUT2D eigenvalue weighted by Crippen LogP contribution is 2.34. The van der Waals surface area contributed by atoms with Gasteiger partial charge < -0.3 is 20.3 Å². The lowest BCUT2D eigenvalue weighted by Crippen LogP contribution is -2.48. The molecule has 26 heavy (non-hydrogen) atoms. The number of nitrogens with zero attached hydrogens (tertiary/aromatic N) is 2. The first kappa shape index (κ1) is 19.7. The van der Waals surface area contributed by atoms with Crippen molar-refractivity contribution < 1.29 is 4.74 Å². The summed E-state index contributed by atoms with van der Waals surface area (Å²) in [5.41, 5.74) is 2.84. The number of guanidine groups is 1. The molecule has 1 aromatic rings. The first-order chi connectivity index (χ1) is 12.2. The summed E-state index contributed by atoms with van der Waals surface area (Å²) in [6.45, 7) is 7.17. The normalized spacial score (nSPS) is 27.8. The van der Waals surface area contributed by atoms with Crippen molar-refractivity contribution in [1.29, 1.82) is 0 Å². The van der Waals surface area contributed by atoms with Crippen molar-refractivity contribution in [3.63, 3.8) is 0 Å². The molecule has 0 saturated carbocycles. The summed E-state index contributed by atoms with van der Waals surface area (Å²) in [5.74, 6) is 0.933. The van der Waals surface area contributed by atoms with Crippen LogP contribution in [0.15, 0.2) is 29.3 Å². The Hall–Kier alpha value is -1.02. The van der Waals surface area contributed by atoms with Gasteiger partial charge in [-0.1, -0.05) is 18.2 Å². The van der Waals surface area contributed by atoms with Gasteiger partial charge in [0.15, 0.2) is 5.96 Å². The minimum absolute atomic E-state index is 0. The van der Waals surface area contributed by atoms with Crippen molar-refractivity contribution in [1.82, 2.24) is 10.6 Å². The van der Waals surface area contributed by atoms with Crippen molar-refractivity contribution in [3.8, 4) is 0 Å². The second-order valence-corrected chi connectivity index (χ2v) is 7.50. The van der Waals surface area contributed by atoms with E-state index in [4.69, 9.17) is 9.73 Å². The minimum Gasteiger partial charge on any atom is -0.373 e. The number of fused-ring (bicyclic) bond motifs is 3. The lowest BCUT2D eigenvalue weighted by atomic mass is 9.96. The number of nitrogens with one attached hydrogen (secondary N) is 2. The van der Waals surface area contributed by atoms with E-state index in [0.717, 1.165) is 38.4 Å². The summed E-state index contributed by atoms with van der Waals surface area (Å²) in [7, 11) is 0. The second kappa shape index (κ2) is 8.78. The number of rotatable bonds is 5. The summed E-state index contributed by atoms with van der Waals surface area (Å²) < 4.78 is 5.96. The van der Waals surface area contributed by atoms with Crippen LogP contribution in [0.1, 0.15) is 38.7 Å². The van der Waals surface area contributed by atoms with Gasteiger partial charge in [0.25, 0.3) is 0 Å². The Bertz CT molecular complexity index is 638. The van der Waals surface area contributed by atoms with Gasteiger partial charge in [0, 0.05) is 24.8 Å². The molecule has 0 aliphatic carbocycles. The number of para-hydroxylation sites is 1. The number of aliphatic imine (C=N–C) groups is 1. The fourth-order valence-corrected chi connectivity index (χ4v) is 4.43. The zero-order chi connectivity index (χ0) is 17.2. The molecule has 4 unspecified atom stereocenters. The SMILES string of the molecule is CCNC(=NCC(C)N1CCc2ccccc21)NC1CC2CCC1O2.I. The van der Waals surface area contributed by atoms with E-state index in [0.29, 0.717) is 24.3 Å². The third-order valence-electron chi connectivity index (χ3n) is 5.74. The van der Waals surface area contributed by atoms with Crippen molar-refractivity contribution in [3.05, 3.63) is 29.8 Å². The summed E-state index contributed by atoms with van der Waals surface area (Å²) in [6, 6.07) is 9.56. The molecule has 4 atom stereocenters. The van der Waals surface area contributed by atoms with Crippen LogP contribution >= 0.6 is 24.0 Å². The maximum absolute atomic E-state index is 5.96. The Labute approximate surface area is 174 Å². The molecule has 0 radical (unpaired) electrons. The van der Waals surface area contributed by atoms with Crippen molar-refractivity contribution >= 4 is 35.6 Å². The monoisotopic (exact) mass is 470 g/mol. The Morgan fingerprint density at radius 1 is 1.35 bits per heavy atom. The van der Waals surface area contributed by atoms with E-state index < -0.39 is 0 Å². The molecular weight excluding hydrogens is 439 g/mol. The average molecular weight is 470 g/mol. The highest BCUT2D eigenvalue weighted by molar-refractivity contribution is 14.0. The molecule has 4 rings (SSSR count). The molecule has 3 aliphatic rings. The molecule has 1 aromatic carbocycles. The number of halogens is 1. The van der Waals surface area contributed by atoms with Crippen molar-refractivity contribution in [2.45, 2.75) is 63.8 Å². The molecule has 0 spiro atoms. The smallest absolute Gasteiger partial charge is 0.191 e. The van der Waals surface area contributed by atoms with Crippen LogP contribution in [0.2, 0.25) is 0 Å². The van der Waals surface area contributed by atoms with E-state index in [1.54, 1.807) is 0 Å². The van der Waals surface area contributed by atoms with Crippen LogP contribution in [0, 0.1) is 0 Å². The van der Waals surface area contributed by atoms with Gasteiger partial charge >= 0.3 is 0 Å². The van der Waals surface area contributed by atoms with Gasteiger partial charge in [-0.25, -0.2) is 0 Å². The standard InChI is InChI=1S/C20H30N4O.HI/c1-3-21-20(23-17-12-16-8-9-19(17)25-16)22-13-14(2)24-11-10-15-6-4-5-7-18(15)24;/h4-7,14,16-17,19H,3,8-13H2,1-2H3,(H2,21,22,23);1H. The quantitative estimate of drug-likeness (QED) is 0.395. The van der Waals surface area contributed by atoms with E-state index in [-0.39, 0.29) is 24.0 Å². The first-order valence-corrected chi connectivity index (χ1v) is 9.79. The molecule has 2 bridgehead atoms. The fraction of sp³-hybridized carbons (Fsp3) is 0.650. The van der Waals surface area contributed by atoms with Gasteiger partial charge in [-0.2, -0.15) is 0 Å². The Morgan fingerprint density at radius 2 is 2.19 bits per heavy atom. The van der Waals surface area contributed by atoms with E-state index in [2.05, 4.69) is 53.6 Å². The largest absolute Gasteiger partial charge is 0.373 e. The predicted octanol–water partition coefficient (Wildman–Crippen LogP) is 2.93. The van der Waals surface area contributed by atoms with Gasteiger partial charge in [-0.15, -0.1) is 24.0 Å². The fourth-order valence-electron chi connectivity index (χ4n) is 4.43. The van der Waals surface area contributed by atoms with Crippen LogP contribution < -0.4 is 15.5 Å². The van der Waals surface area contributed by atoms with Crippen LogP contribution in [0.3, 0.4) is 0 Å². The topological polar surface area (TPSA) is 48.9 Å². The van der Waals surface area contributed by atoms with E-state index in [9.17, 15) is 0 Å². The molecule has 0 aromatic heterocycles. The molecular formula is C20H31IN4O. The summed E-state index contributed by atoms with van der Waals surface area (Å²) in [6.07, 6.45) is 5.50. The molecule has 3 heterocycles. The highest BCUT2D eigenvalue weighted by atomic mass is 127. The number of benzene rings is 1.